The monoisotopic (exact) mass is 644 g/mol. The van der Waals surface area contributed by atoms with Crippen LogP contribution in [-0.2, 0) is 9.47 Å². The topological polar surface area (TPSA) is 309 Å². The van der Waals surface area contributed by atoms with Crippen molar-refractivity contribution in [2.75, 3.05) is 62.5 Å². The zero-order valence-corrected chi connectivity index (χ0v) is 23.7. The van der Waals surface area contributed by atoms with Gasteiger partial charge in [0.25, 0.3) is 11.8 Å². The first kappa shape index (κ1) is 36.3. The number of nitrogens with two attached hydrogens (primary N) is 6. The van der Waals surface area contributed by atoms with E-state index in [-0.39, 0.29) is 121 Å². The van der Waals surface area contributed by atoms with E-state index < -0.39 is 11.8 Å². The fourth-order valence-electron chi connectivity index (χ4n) is 2.43. The van der Waals surface area contributed by atoms with Gasteiger partial charge >= 0.3 is 0 Å². The minimum absolute atomic E-state index is 0. The van der Waals surface area contributed by atoms with Crippen molar-refractivity contribution in [1.82, 2.24) is 30.6 Å². The van der Waals surface area contributed by atoms with Crippen LogP contribution < -0.4 is 45.0 Å². The Hall–Kier alpha value is -3.68. The molecule has 0 radical (unpaired) electrons. The number of nitrogens with zero attached hydrogens (tertiary/aromatic N) is 6. The predicted octanol–water partition coefficient (Wildman–Crippen LogP) is -1.43. The number of guanidine groups is 2. The van der Waals surface area contributed by atoms with E-state index in [0.29, 0.717) is 0 Å². The molecule has 0 spiro atoms. The van der Waals surface area contributed by atoms with Crippen molar-refractivity contribution in [2.24, 2.45) is 21.5 Å². The van der Waals surface area contributed by atoms with Gasteiger partial charge in [0.2, 0.25) is 0 Å². The highest BCUT2D eigenvalue weighted by atomic mass is 35.5. The lowest BCUT2D eigenvalue weighted by atomic mass is 10.4. The molecule has 40 heavy (non-hydrogen) atoms. The van der Waals surface area contributed by atoms with Gasteiger partial charge in [0, 0.05) is 0 Å². The summed E-state index contributed by atoms with van der Waals surface area (Å²) < 4.78 is 10.7. The molecule has 0 saturated heterocycles. The molecule has 0 aromatic carbocycles. The van der Waals surface area contributed by atoms with Gasteiger partial charge < -0.3 is 43.9 Å². The first-order valence-corrected chi connectivity index (χ1v) is 11.3. The average Bonchev–Trinajstić information content (AvgIpc) is 2.84. The Balaban J connectivity index is 0.00000760. The number of ether oxygens (including phenoxy) is 2. The fourth-order valence-corrected chi connectivity index (χ4v) is 2.68. The van der Waals surface area contributed by atoms with Crippen LogP contribution in [0.25, 0.3) is 0 Å². The Morgan fingerprint density at radius 3 is 1.35 bits per heavy atom. The zero-order chi connectivity index (χ0) is 28.2. The third kappa shape index (κ3) is 11.6. The van der Waals surface area contributed by atoms with Crippen molar-refractivity contribution in [1.29, 1.82) is 0 Å². The van der Waals surface area contributed by atoms with Crippen LogP contribution in [-0.4, -0.2) is 83.2 Å². The first-order valence-electron chi connectivity index (χ1n) is 10.5. The number of amides is 2. The molecule has 0 aliphatic rings. The second kappa shape index (κ2) is 17.8. The van der Waals surface area contributed by atoms with E-state index in [1.54, 1.807) is 0 Å². The van der Waals surface area contributed by atoms with E-state index in [2.05, 4.69) is 40.6 Å². The minimum atomic E-state index is -0.747. The summed E-state index contributed by atoms with van der Waals surface area (Å²) in [5, 5.41) is 4.27. The molecule has 0 bridgehead atoms. The van der Waals surface area contributed by atoms with Crippen molar-refractivity contribution in [3.63, 3.8) is 0 Å². The Labute approximate surface area is 249 Å². The molecule has 2 heterocycles. The van der Waals surface area contributed by atoms with E-state index in [1.807, 2.05) is 0 Å². The highest BCUT2D eigenvalue weighted by Crippen LogP contribution is 2.18. The molecule has 0 saturated carbocycles. The van der Waals surface area contributed by atoms with Gasteiger partial charge in [-0.05, 0) is 0 Å². The number of aromatic nitrogens is 4. The van der Waals surface area contributed by atoms with Crippen LogP contribution >= 0.6 is 48.0 Å². The summed E-state index contributed by atoms with van der Waals surface area (Å²) >= 11 is 11.5. The first-order chi connectivity index (χ1) is 18.0. The number of anilines is 4. The van der Waals surface area contributed by atoms with Gasteiger partial charge in [0.1, 0.15) is 0 Å². The SMILES string of the molecule is Cl.Cl.NC(=NCCOCCOCCN=C(N)NC(=O)c1nc(Cl)c(N)nc1N)NC(=O)c1nc(Cl)c(N)nc1N. The van der Waals surface area contributed by atoms with Gasteiger partial charge in [0.05, 0.1) is 39.5 Å². The van der Waals surface area contributed by atoms with Gasteiger partial charge in [-0.15, -0.1) is 24.8 Å². The van der Waals surface area contributed by atoms with Crippen LogP contribution in [0.2, 0.25) is 10.3 Å². The van der Waals surface area contributed by atoms with Gasteiger partial charge in [-0.25, -0.2) is 19.9 Å². The minimum Gasteiger partial charge on any atom is -0.382 e. The Morgan fingerprint density at radius 2 is 1.00 bits per heavy atom. The standard InChI is InChI=1S/C18H26Cl2N14O4.2ClH/c19-9-13(23)31-11(21)7(29-9)15(35)33-17(25)27-1-3-37-5-6-38-4-2-28-18(26)34-16(36)8-12(22)32-14(24)10(20)30-8;;/h1-6H2,(H4,21,23,31)(H4,22,24,32)(H3,25,27,33,35)(H3,26,28,34,36);2*1H. The van der Waals surface area contributed by atoms with Gasteiger partial charge in [-0.1, -0.05) is 23.2 Å². The molecule has 14 N–H and O–H groups in total. The van der Waals surface area contributed by atoms with Crippen molar-refractivity contribution in [3.05, 3.63) is 21.7 Å². The Kier molecular flexibility index (Phi) is 16.2. The van der Waals surface area contributed by atoms with E-state index in [4.69, 9.17) is 67.1 Å². The summed E-state index contributed by atoms with van der Waals surface area (Å²) in [4.78, 5) is 47.1. The summed E-state index contributed by atoms with van der Waals surface area (Å²) in [7, 11) is 0. The maximum absolute atomic E-state index is 12.1. The Morgan fingerprint density at radius 1 is 0.650 bits per heavy atom. The van der Waals surface area contributed by atoms with Gasteiger partial charge in [0.15, 0.2) is 56.9 Å². The maximum Gasteiger partial charge on any atom is 0.280 e. The van der Waals surface area contributed by atoms with E-state index in [1.165, 1.54) is 0 Å². The molecule has 22 heteroatoms. The van der Waals surface area contributed by atoms with Crippen LogP contribution in [0.15, 0.2) is 9.98 Å². The maximum atomic E-state index is 12.1. The zero-order valence-electron chi connectivity index (χ0n) is 20.6. The van der Waals surface area contributed by atoms with Crippen molar-refractivity contribution in [2.45, 2.75) is 0 Å². The number of halogens is 4. The second-order valence-corrected chi connectivity index (χ2v) is 7.65. The molecular formula is C18H28Cl4N14O4. The van der Waals surface area contributed by atoms with Crippen LogP contribution in [0, 0.1) is 0 Å². The fraction of sp³-hybridized carbons (Fsp3) is 0.333. The van der Waals surface area contributed by atoms with Gasteiger partial charge in [-0.2, -0.15) is 0 Å². The quantitative estimate of drug-likeness (QED) is 0.0789. The molecule has 0 aliphatic carbocycles. The average molecular weight is 646 g/mol. The summed E-state index contributed by atoms with van der Waals surface area (Å²) in [5.41, 5.74) is 33.0. The highest BCUT2D eigenvalue weighted by molar-refractivity contribution is 6.32. The lowest BCUT2D eigenvalue weighted by Gasteiger charge is -2.08. The van der Waals surface area contributed by atoms with E-state index in [0.717, 1.165) is 0 Å². The normalized spacial score (nSPS) is 11.2. The molecule has 222 valence electrons. The number of rotatable bonds is 11. The molecule has 2 aromatic heterocycles. The molecule has 18 nitrogen and oxygen atoms in total. The summed E-state index contributed by atoms with van der Waals surface area (Å²) in [6.07, 6.45) is 0. The Bertz CT molecular complexity index is 1140. The second-order valence-electron chi connectivity index (χ2n) is 6.93. The number of nitrogen functional groups attached to an aromatic ring is 4. The van der Waals surface area contributed by atoms with Crippen molar-refractivity contribution >= 4 is 95.0 Å². The summed E-state index contributed by atoms with van der Waals surface area (Å²) in [6.45, 7) is 1.23. The molecule has 0 aliphatic heterocycles. The number of nitrogens with one attached hydrogen (secondary N) is 2. The lowest BCUT2D eigenvalue weighted by Crippen LogP contribution is -2.38. The smallest absolute Gasteiger partial charge is 0.280 e. The van der Waals surface area contributed by atoms with Crippen LogP contribution in [0.4, 0.5) is 23.3 Å². The van der Waals surface area contributed by atoms with Crippen LogP contribution in [0.5, 0.6) is 0 Å². The number of aliphatic imine (C=N–C) groups is 2. The lowest BCUT2D eigenvalue weighted by molar-refractivity contribution is 0.0540. The predicted molar refractivity (Wildman–Crippen MR) is 156 cm³/mol. The van der Waals surface area contributed by atoms with Crippen LogP contribution in [0.1, 0.15) is 21.0 Å². The van der Waals surface area contributed by atoms with E-state index >= 15 is 0 Å². The molecule has 0 fully saturated rings. The van der Waals surface area contributed by atoms with Crippen molar-refractivity contribution in [3.8, 4) is 0 Å². The third-order valence-corrected chi connectivity index (χ3v) is 4.69. The third-order valence-electron chi connectivity index (χ3n) is 4.13. The molecule has 0 atom stereocenters. The highest BCUT2D eigenvalue weighted by Gasteiger charge is 2.17. The number of hydrogen-bond donors (Lipinski definition) is 8. The van der Waals surface area contributed by atoms with E-state index in [9.17, 15) is 9.59 Å². The summed E-state index contributed by atoms with van der Waals surface area (Å²) in [6, 6.07) is 0. The summed E-state index contributed by atoms with van der Waals surface area (Å²) in [5.74, 6) is -2.48. The molecule has 2 amide bonds. The molecule has 2 rings (SSSR count). The molecule has 2 aromatic rings. The van der Waals surface area contributed by atoms with Gasteiger partial charge in [-0.3, -0.25) is 30.2 Å². The number of hydrogen-bond acceptors (Lipinski definition) is 14. The number of carbonyl (C=O) groups excluding carboxylic acids is 2. The van der Waals surface area contributed by atoms with Crippen LogP contribution in [0.3, 0.4) is 0 Å². The van der Waals surface area contributed by atoms with Crippen molar-refractivity contribution < 1.29 is 19.1 Å². The largest absolute Gasteiger partial charge is 0.382 e. The molecular weight excluding hydrogens is 618 g/mol. The molecule has 0 unspecified atom stereocenters. The number of carbonyl (C=O) groups is 2.